The Morgan fingerprint density at radius 3 is 2.73 bits per heavy atom. The number of aromatic amines is 1. The Labute approximate surface area is 67.3 Å². The van der Waals surface area contributed by atoms with Crippen molar-refractivity contribution in [1.82, 2.24) is 9.55 Å². The molecule has 0 fully saturated rings. The molecule has 1 rings (SSSR count). The minimum atomic E-state index is -0.382. The van der Waals surface area contributed by atoms with Gasteiger partial charge in [-0.1, -0.05) is 0 Å². The lowest BCUT2D eigenvalue weighted by Crippen LogP contribution is -2.28. The predicted octanol–water partition coefficient (Wildman–Crippen LogP) is -0.205. The fraction of sp³-hybridized carbons (Fsp3) is 0.333. The van der Waals surface area contributed by atoms with Crippen molar-refractivity contribution in [2.45, 2.75) is 4.90 Å². The quantitative estimate of drug-likeness (QED) is 0.597. The van der Waals surface area contributed by atoms with E-state index in [0.717, 1.165) is 0 Å². The molecule has 4 nitrogen and oxygen atoms in total. The second-order valence-corrected chi connectivity index (χ2v) is 2.92. The van der Waals surface area contributed by atoms with Crippen LogP contribution in [0.3, 0.4) is 0 Å². The number of rotatable bonds is 1. The zero-order chi connectivity index (χ0) is 8.43. The average Bonchev–Trinajstić information content (AvgIpc) is 1.97. The topological polar surface area (TPSA) is 54.9 Å². The number of nitrogens with one attached hydrogen (secondary N) is 1. The summed E-state index contributed by atoms with van der Waals surface area (Å²) in [5, 5.41) is 0. The molecule has 0 aliphatic heterocycles. The van der Waals surface area contributed by atoms with E-state index in [0.29, 0.717) is 4.90 Å². The number of nitrogens with zero attached hydrogens (tertiary/aromatic N) is 1. The van der Waals surface area contributed by atoms with Crippen molar-refractivity contribution < 1.29 is 0 Å². The molecule has 5 heteroatoms. The molecule has 0 radical (unpaired) electrons. The first kappa shape index (κ1) is 8.13. The van der Waals surface area contributed by atoms with Crippen LogP contribution in [0.1, 0.15) is 0 Å². The van der Waals surface area contributed by atoms with Gasteiger partial charge in [0.2, 0.25) is 0 Å². The van der Waals surface area contributed by atoms with E-state index in [-0.39, 0.29) is 11.2 Å². The molecule has 0 unspecified atom stereocenters. The summed E-state index contributed by atoms with van der Waals surface area (Å²) in [5.41, 5.74) is -0.701. The summed E-state index contributed by atoms with van der Waals surface area (Å²) in [6.07, 6.45) is 3.31. The molecule has 11 heavy (non-hydrogen) atoms. The van der Waals surface area contributed by atoms with E-state index in [9.17, 15) is 9.59 Å². The second-order valence-electron chi connectivity index (χ2n) is 2.07. The Morgan fingerprint density at radius 2 is 2.18 bits per heavy atom. The van der Waals surface area contributed by atoms with Gasteiger partial charge < -0.3 is 4.57 Å². The highest BCUT2D eigenvalue weighted by Gasteiger charge is 1.98. The van der Waals surface area contributed by atoms with Crippen LogP contribution >= 0.6 is 11.8 Å². The van der Waals surface area contributed by atoms with Crippen molar-refractivity contribution in [2.75, 3.05) is 6.26 Å². The lowest BCUT2D eigenvalue weighted by Gasteiger charge is -1.97. The van der Waals surface area contributed by atoms with Gasteiger partial charge in [0.05, 0.1) is 4.90 Å². The van der Waals surface area contributed by atoms with E-state index in [2.05, 4.69) is 4.98 Å². The normalized spacial score (nSPS) is 10.0. The smallest absolute Gasteiger partial charge is 0.303 e. The summed E-state index contributed by atoms with van der Waals surface area (Å²) in [5.74, 6) is 0. The third kappa shape index (κ3) is 1.54. The SMILES string of the molecule is CSc1cn(C)c(=O)[nH]c1=O. The second kappa shape index (κ2) is 2.96. The Kier molecular flexibility index (Phi) is 2.19. The zero-order valence-electron chi connectivity index (χ0n) is 6.25. The third-order valence-corrected chi connectivity index (χ3v) is 2.03. The van der Waals surface area contributed by atoms with Crippen LogP contribution in [0.15, 0.2) is 20.7 Å². The van der Waals surface area contributed by atoms with Gasteiger partial charge in [0.1, 0.15) is 0 Å². The van der Waals surface area contributed by atoms with Crippen LogP contribution in [0.4, 0.5) is 0 Å². The highest BCUT2D eigenvalue weighted by atomic mass is 32.2. The summed E-state index contributed by atoms with van der Waals surface area (Å²) in [6.45, 7) is 0. The van der Waals surface area contributed by atoms with Crippen molar-refractivity contribution in [3.05, 3.63) is 27.0 Å². The lowest BCUT2D eigenvalue weighted by atomic mass is 10.6. The van der Waals surface area contributed by atoms with Crippen LogP contribution in [-0.2, 0) is 7.05 Å². The molecule has 0 saturated heterocycles. The van der Waals surface area contributed by atoms with Gasteiger partial charge in [0.25, 0.3) is 5.56 Å². The maximum Gasteiger partial charge on any atom is 0.328 e. The number of H-pyrrole nitrogens is 1. The van der Waals surface area contributed by atoms with Gasteiger partial charge in [-0.2, -0.15) is 0 Å². The van der Waals surface area contributed by atoms with E-state index in [4.69, 9.17) is 0 Å². The summed E-state index contributed by atoms with van der Waals surface area (Å²) < 4.78 is 1.34. The van der Waals surface area contributed by atoms with Gasteiger partial charge in [-0.25, -0.2) is 4.79 Å². The van der Waals surface area contributed by atoms with Gasteiger partial charge >= 0.3 is 5.69 Å². The van der Waals surface area contributed by atoms with Crippen LogP contribution < -0.4 is 11.2 Å². The molecule has 0 amide bonds. The van der Waals surface area contributed by atoms with E-state index in [1.807, 2.05) is 0 Å². The Balaban J connectivity index is 3.45. The minimum Gasteiger partial charge on any atom is -0.303 e. The molecular formula is C6H8N2O2S. The minimum absolute atomic E-state index is 0.319. The zero-order valence-corrected chi connectivity index (χ0v) is 7.07. The van der Waals surface area contributed by atoms with Crippen LogP contribution in [0, 0.1) is 0 Å². The molecular weight excluding hydrogens is 164 g/mol. The third-order valence-electron chi connectivity index (χ3n) is 1.30. The van der Waals surface area contributed by atoms with Gasteiger partial charge in [0, 0.05) is 13.2 Å². The van der Waals surface area contributed by atoms with Gasteiger partial charge in [-0.3, -0.25) is 9.78 Å². The van der Waals surface area contributed by atoms with Crippen molar-refractivity contribution in [3.8, 4) is 0 Å². The molecule has 0 aliphatic carbocycles. The highest BCUT2D eigenvalue weighted by Crippen LogP contribution is 2.04. The number of aromatic nitrogens is 2. The average molecular weight is 172 g/mol. The van der Waals surface area contributed by atoms with Gasteiger partial charge in [0.15, 0.2) is 0 Å². The molecule has 0 aliphatic rings. The van der Waals surface area contributed by atoms with Crippen molar-refractivity contribution in [1.29, 1.82) is 0 Å². The van der Waals surface area contributed by atoms with Crippen LogP contribution in [0.5, 0.6) is 0 Å². The van der Waals surface area contributed by atoms with Gasteiger partial charge in [-0.05, 0) is 6.26 Å². The molecule has 0 saturated carbocycles. The Bertz CT molecular complexity index is 366. The molecule has 60 valence electrons. The van der Waals surface area contributed by atoms with E-state index in [1.165, 1.54) is 22.5 Å². The number of hydrogen-bond donors (Lipinski definition) is 1. The molecule has 0 spiro atoms. The predicted molar refractivity (Wildman–Crippen MR) is 44.1 cm³/mol. The maximum absolute atomic E-state index is 10.9. The van der Waals surface area contributed by atoms with E-state index < -0.39 is 0 Å². The maximum atomic E-state index is 10.9. The molecule has 0 atom stereocenters. The number of thioether (sulfide) groups is 1. The first-order valence-electron chi connectivity index (χ1n) is 2.99. The number of aryl methyl sites for hydroxylation is 1. The molecule has 1 N–H and O–H groups in total. The molecule has 0 bridgehead atoms. The summed E-state index contributed by atoms with van der Waals surface area (Å²) in [6, 6.07) is 0. The Morgan fingerprint density at radius 1 is 1.55 bits per heavy atom. The molecule has 1 aromatic heterocycles. The number of hydrogen-bond acceptors (Lipinski definition) is 3. The standard InChI is InChI=1S/C6H8N2O2S/c1-8-3-4(11-2)5(9)7-6(8)10/h3H,1-2H3,(H,7,9,10). The van der Waals surface area contributed by atoms with Crippen molar-refractivity contribution >= 4 is 11.8 Å². The van der Waals surface area contributed by atoms with Crippen LogP contribution in [0.25, 0.3) is 0 Å². The molecule has 0 aromatic carbocycles. The van der Waals surface area contributed by atoms with Crippen molar-refractivity contribution in [2.24, 2.45) is 7.05 Å². The Hall–Kier alpha value is -0.970. The summed E-state index contributed by atoms with van der Waals surface area (Å²) >= 11 is 1.31. The fourth-order valence-corrected chi connectivity index (χ4v) is 1.19. The molecule has 1 heterocycles. The first-order valence-corrected chi connectivity index (χ1v) is 4.21. The summed E-state index contributed by atoms with van der Waals surface area (Å²) in [4.78, 5) is 24.5. The highest BCUT2D eigenvalue weighted by molar-refractivity contribution is 7.98. The first-order chi connectivity index (χ1) is 5.15. The fourth-order valence-electron chi connectivity index (χ4n) is 0.685. The van der Waals surface area contributed by atoms with Crippen LogP contribution in [-0.4, -0.2) is 15.8 Å². The van der Waals surface area contributed by atoms with Crippen LogP contribution in [0.2, 0.25) is 0 Å². The largest absolute Gasteiger partial charge is 0.328 e. The summed E-state index contributed by atoms with van der Waals surface area (Å²) in [7, 11) is 1.60. The molecule has 1 aromatic rings. The van der Waals surface area contributed by atoms with E-state index >= 15 is 0 Å². The lowest BCUT2D eigenvalue weighted by molar-refractivity contribution is 0.772. The van der Waals surface area contributed by atoms with Gasteiger partial charge in [-0.15, -0.1) is 11.8 Å². The van der Waals surface area contributed by atoms with E-state index in [1.54, 1.807) is 13.3 Å². The monoisotopic (exact) mass is 172 g/mol. The van der Waals surface area contributed by atoms with Crippen molar-refractivity contribution in [3.63, 3.8) is 0 Å².